The number of esters is 1. The van der Waals surface area contributed by atoms with Crippen LogP contribution in [0.3, 0.4) is 0 Å². The Morgan fingerprint density at radius 3 is 2.11 bits per heavy atom. The van der Waals surface area contributed by atoms with Crippen molar-refractivity contribution in [1.29, 1.82) is 0 Å². The maximum absolute atomic E-state index is 11.5. The van der Waals surface area contributed by atoms with E-state index in [9.17, 15) is 30.3 Å². The maximum atomic E-state index is 11.5. The molecule has 3 fully saturated rings. The number of morpholine rings is 2. The van der Waals surface area contributed by atoms with Gasteiger partial charge in [0.05, 0.1) is 78.2 Å². The van der Waals surface area contributed by atoms with Gasteiger partial charge in [-0.2, -0.15) is 10.2 Å². The summed E-state index contributed by atoms with van der Waals surface area (Å²) in [5.41, 5.74) is 0. The van der Waals surface area contributed by atoms with Gasteiger partial charge in [0.2, 0.25) is 0 Å². The lowest BCUT2D eigenvalue weighted by Crippen LogP contribution is -2.61. The summed E-state index contributed by atoms with van der Waals surface area (Å²) in [6.45, 7) is 3.83. The molecule has 0 unspecified atom stereocenters. The van der Waals surface area contributed by atoms with Crippen molar-refractivity contribution in [1.82, 2.24) is 10.0 Å². The van der Waals surface area contributed by atoms with E-state index in [1.54, 1.807) is 10.0 Å². The zero-order chi connectivity index (χ0) is 27.5. The average Bonchev–Trinajstić information content (AvgIpc) is 2.93. The summed E-state index contributed by atoms with van der Waals surface area (Å²) in [6.07, 6.45) is -8.91. The van der Waals surface area contributed by atoms with Gasteiger partial charge in [-0.15, -0.1) is 0 Å². The van der Waals surface area contributed by atoms with Gasteiger partial charge in [-0.05, 0) is 0 Å². The average molecular weight is 551 g/mol. The summed E-state index contributed by atoms with van der Waals surface area (Å²) >= 11 is 0. The molecule has 0 aromatic rings. The van der Waals surface area contributed by atoms with Gasteiger partial charge < -0.3 is 54.0 Å². The summed E-state index contributed by atoms with van der Waals surface area (Å²) in [7, 11) is 0. The van der Waals surface area contributed by atoms with Gasteiger partial charge in [-0.1, -0.05) is 0 Å². The zero-order valence-corrected chi connectivity index (χ0v) is 21.2. The molecule has 0 aromatic carbocycles. The summed E-state index contributed by atoms with van der Waals surface area (Å²) in [6, 6.07) is 0. The molecule has 16 heteroatoms. The molecular formula is C22H38N4O12. The lowest BCUT2D eigenvalue weighted by Gasteiger charge is -2.42. The Bertz CT molecular complexity index is 765. The number of carbonyl (C=O) groups excluding carboxylic acids is 1. The number of hydrogen-bond acceptors (Lipinski definition) is 16. The van der Waals surface area contributed by atoms with Gasteiger partial charge in [0.15, 0.2) is 18.7 Å². The van der Waals surface area contributed by atoms with Gasteiger partial charge in [0, 0.05) is 6.92 Å². The number of nitrogens with zero attached hydrogens (tertiary/aromatic N) is 4. The molecule has 3 aliphatic heterocycles. The SMILES string of the molecule is CC(=O)O[C@H]1[C@H](O)[C@@H](O[C@H](/C=N/N2CCOCC2)[C@@H](CO)O[C@H](O)/C=N\N2CCOCC2)O[C@@H](CO)[C@@H]1O. The number of rotatable bonds is 12. The van der Waals surface area contributed by atoms with Crippen LogP contribution in [-0.4, -0.2) is 169 Å². The molecule has 8 atom stereocenters. The van der Waals surface area contributed by atoms with Crippen molar-refractivity contribution >= 4 is 18.4 Å². The van der Waals surface area contributed by atoms with Gasteiger partial charge in [-0.25, -0.2) is 0 Å². The molecule has 3 aliphatic rings. The third kappa shape index (κ3) is 9.04. The topological polar surface area (TPSA) is 205 Å². The van der Waals surface area contributed by atoms with Crippen molar-refractivity contribution in [3.63, 3.8) is 0 Å². The number of aliphatic hydroxyl groups excluding tert-OH is 5. The highest BCUT2D eigenvalue weighted by Gasteiger charge is 2.48. The Kier molecular flexibility index (Phi) is 12.5. The van der Waals surface area contributed by atoms with E-state index in [1.165, 1.54) is 6.21 Å². The van der Waals surface area contributed by atoms with E-state index in [4.69, 9.17) is 28.4 Å². The normalized spacial score (nSPS) is 31.5. The fraction of sp³-hybridized carbons (Fsp3) is 0.864. The van der Waals surface area contributed by atoms with E-state index in [0.29, 0.717) is 52.6 Å². The molecule has 3 rings (SSSR count). The smallest absolute Gasteiger partial charge is 0.303 e. The van der Waals surface area contributed by atoms with Crippen molar-refractivity contribution in [2.75, 3.05) is 65.8 Å². The minimum absolute atomic E-state index is 0.462. The molecule has 218 valence electrons. The minimum atomic E-state index is -1.66. The van der Waals surface area contributed by atoms with Gasteiger partial charge >= 0.3 is 5.97 Å². The molecule has 38 heavy (non-hydrogen) atoms. The first kappa shape index (κ1) is 30.6. The van der Waals surface area contributed by atoms with E-state index in [2.05, 4.69) is 10.2 Å². The Balaban J connectivity index is 1.75. The van der Waals surface area contributed by atoms with Gasteiger partial charge in [0.25, 0.3) is 0 Å². The molecule has 0 spiro atoms. The third-order valence-electron chi connectivity index (χ3n) is 5.99. The molecule has 3 saturated heterocycles. The summed E-state index contributed by atoms with van der Waals surface area (Å²) < 4.78 is 32.5. The quantitative estimate of drug-likeness (QED) is 0.0895. The number of hydrogen-bond donors (Lipinski definition) is 5. The van der Waals surface area contributed by atoms with Crippen LogP contribution in [0.15, 0.2) is 10.2 Å². The minimum Gasteiger partial charge on any atom is -0.457 e. The van der Waals surface area contributed by atoms with Crippen molar-refractivity contribution in [2.45, 2.75) is 56.1 Å². The van der Waals surface area contributed by atoms with Gasteiger partial charge in [-0.3, -0.25) is 14.8 Å². The summed E-state index contributed by atoms with van der Waals surface area (Å²) in [5, 5.41) is 63.1. The van der Waals surface area contributed by atoms with Crippen LogP contribution in [0.5, 0.6) is 0 Å². The Labute approximate surface area is 219 Å². The lowest BCUT2D eigenvalue weighted by atomic mass is 9.99. The third-order valence-corrected chi connectivity index (χ3v) is 5.99. The van der Waals surface area contributed by atoms with Crippen molar-refractivity contribution in [2.24, 2.45) is 10.2 Å². The highest BCUT2D eigenvalue weighted by Crippen LogP contribution is 2.26. The predicted octanol–water partition coefficient (Wildman–Crippen LogP) is -3.93. The Morgan fingerprint density at radius 1 is 1.00 bits per heavy atom. The fourth-order valence-electron chi connectivity index (χ4n) is 3.96. The fourth-order valence-corrected chi connectivity index (χ4v) is 3.96. The van der Waals surface area contributed by atoms with E-state index < -0.39 is 68.4 Å². The lowest BCUT2D eigenvalue weighted by molar-refractivity contribution is -0.315. The largest absolute Gasteiger partial charge is 0.457 e. The van der Waals surface area contributed by atoms with E-state index >= 15 is 0 Å². The second-order valence-electron chi connectivity index (χ2n) is 8.79. The first-order valence-electron chi connectivity index (χ1n) is 12.5. The number of ether oxygens (including phenoxy) is 6. The van der Waals surface area contributed by atoms with Crippen LogP contribution in [0.25, 0.3) is 0 Å². The molecule has 0 aliphatic carbocycles. The number of aliphatic hydroxyl groups is 5. The second kappa shape index (κ2) is 15.6. The molecule has 16 nitrogen and oxygen atoms in total. The van der Waals surface area contributed by atoms with Crippen LogP contribution >= 0.6 is 0 Å². The first-order chi connectivity index (χ1) is 18.3. The molecule has 5 N–H and O–H groups in total. The van der Waals surface area contributed by atoms with E-state index in [0.717, 1.165) is 13.1 Å². The monoisotopic (exact) mass is 550 g/mol. The molecule has 0 radical (unpaired) electrons. The second-order valence-corrected chi connectivity index (χ2v) is 8.79. The van der Waals surface area contributed by atoms with E-state index in [1.807, 2.05) is 0 Å². The van der Waals surface area contributed by atoms with Crippen LogP contribution in [0, 0.1) is 0 Å². The van der Waals surface area contributed by atoms with Crippen LogP contribution in [0.1, 0.15) is 6.92 Å². The summed E-state index contributed by atoms with van der Waals surface area (Å²) in [5.74, 6) is -0.768. The van der Waals surface area contributed by atoms with Crippen LogP contribution < -0.4 is 0 Å². The number of carbonyl (C=O) groups is 1. The standard InChI is InChI=1S/C22H38N4O12/c1-14(29)35-21-19(31)17(13-28)38-22(20(21)32)37-15(10-23-25-2-6-33-7-3-25)16(12-27)36-18(30)11-24-26-4-8-34-9-5-26/h10-11,15-22,27-28,30-32H,2-9,12-13H2,1H3/b23-10+,24-11-/t15-,16-,17+,18+,19+,20+,21-,22+/m1/s1. The zero-order valence-electron chi connectivity index (χ0n) is 21.2. The van der Waals surface area contributed by atoms with Crippen LogP contribution in [-0.2, 0) is 33.2 Å². The Hall–Kier alpha value is -1.99. The van der Waals surface area contributed by atoms with Crippen molar-refractivity contribution in [3.8, 4) is 0 Å². The maximum Gasteiger partial charge on any atom is 0.303 e. The first-order valence-corrected chi connectivity index (χ1v) is 12.5. The van der Waals surface area contributed by atoms with Gasteiger partial charge in [0.1, 0.15) is 30.5 Å². The Morgan fingerprint density at radius 2 is 1.58 bits per heavy atom. The highest BCUT2D eigenvalue weighted by molar-refractivity contribution is 5.66. The van der Waals surface area contributed by atoms with Crippen LogP contribution in [0.4, 0.5) is 0 Å². The molecule has 0 aromatic heterocycles. The predicted molar refractivity (Wildman–Crippen MR) is 128 cm³/mol. The molecule has 0 amide bonds. The number of hydrazone groups is 2. The van der Waals surface area contributed by atoms with Crippen LogP contribution in [0.2, 0.25) is 0 Å². The van der Waals surface area contributed by atoms with Crippen molar-refractivity contribution < 1.29 is 58.7 Å². The molecule has 0 bridgehead atoms. The molecule has 3 heterocycles. The highest BCUT2D eigenvalue weighted by atomic mass is 16.7. The summed E-state index contributed by atoms with van der Waals surface area (Å²) in [4.78, 5) is 11.5. The molecule has 0 saturated carbocycles. The van der Waals surface area contributed by atoms with Crippen molar-refractivity contribution in [3.05, 3.63) is 0 Å². The van der Waals surface area contributed by atoms with E-state index in [-0.39, 0.29) is 0 Å². The molecular weight excluding hydrogens is 512 g/mol.